The van der Waals surface area contributed by atoms with Crippen molar-refractivity contribution in [3.63, 3.8) is 0 Å². The summed E-state index contributed by atoms with van der Waals surface area (Å²) in [7, 11) is 0. The quantitative estimate of drug-likeness (QED) is 0.704. The number of hydrogen-bond donors (Lipinski definition) is 1. The Hall–Kier alpha value is -0.770. The van der Waals surface area contributed by atoms with E-state index in [1.54, 1.807) is 0 Å². The summed E-state index contributed by atoms with van der Waals surface area (Å²) < 4.78 is 5.45. The Bertz CT molecular complexity index is 371. The van der Waals surface area contributed by atoms with Crippen molar-refractivity contribution in [1.82, 2.24) is 5.32 Å². The van der Waals surface area contributed by atoms with Crippen molar-refractivity contribution in [1.29, 1.82) is 0 Å². The maximum atomic E-state index is 6.10. The molecule has 0 aliphatic rings. The smallest absolute Gasteiger partial charge is 0.0641 e. The molecule has 0 aromatic heterocycles. The molecule has 1 N–H and O–H groups in total. The summed E-state index contributed by atoms with van der Waals surface area (Å²) in [5.41, 5.74) is 2.49. The number of anilines is 1. The summed E-state index contributed by atoms with van der Waals surface area (Å²) in [6.07, 6.45) is 0. The van der Waals surface area contributed by atoms with Crippen molar-refractivity contribution in [3.05, 3.63) is 28.8 Å². The molecule has 1 aromatic carbocycles. The highest BCUT2D eigenvalue weighted by atomic mass is 35.5. The molecule has 1 aromatic rings. The summed E-state index contributed by atoms with van der Waals surface area (Å²) in [6, 6.07) is 6.10. The van der Waals surface area contributed by atoms with Gasteiger partial charge < -0.3 is 15.0 Å². The van der Waals surface area contributed by atoms with Crippen LogP contribution in [-0.4, -0.2) is 32.8 Å². The van der Waals surface area contributed by atoms with Gasteiger partial charge in [-0.25, -0.2) is 0 Å². The molecule has 0 atom stereocenters. The monoisotopic (exact) mass is 284 g/mol. The average molecular weight is 285 g/mol. The van der Waals surface area contributed by atoms with Crippen molar-refractivity contribution in [2.24, 2.45) is 0 Å². The molecule has 0 amide bonds. The molecule has 108 valence electrons. The van der Waals surface area contributed by atoms with Gasteiger partial charge >= 0.3 is 0 Å². The minimum absolute atomic E-state index is 0.758. The fourth-order valence-corrected chi connectivity index (χ4v) is 2.23. The van der Waals surface area contributed by atoms with E-state index in [-0.39, 0.29) is 0 Å². The van der Waals surface area contributed by atoms with E-state index < -0.39 is 0 Å². The second-order valence-electron chi connectivity index (χ2n) is 4.33. The van der Waals surface area contributed by atoms with E-state index >= 15 is 0 Å². The van der Waals surface area contributed by atoms with Crippen LogP contribution in [0, 0.1) is 0 Å². The number of rotatable bonds is 9. The van der Waals surface area contributed by atoms with E-state index in [0.29, 0.717) is 0 Å². The molecule has 0 aliphatic carbocycles. The van der Waals surface area contributed by atoms with Crippen molar-refractivity contribution in [2.45, 2.75) is 27.3 Å². The predicted octanol–water partition coefficient (Wildman–Crippen LogP) is 3.31. The normalized spacial score (nSPS) is 10.7. The lowest BCUT2D eigenvalue weighted by molar-refractivity contribution is 0.154. The zero-order chi connectivity index (χ0) is 14.1. The SMILES string of the molecule is CCNCc1cc(Cl)ccc1N(CC)CCOCC. The molecule has 0 heterocycles. The maximum absolute atomic E-state index is 6.10. The number of benzene rings is 1. The standard InChI is InChI=1S/C15H25ClN2O/c1-4-17-12-13-11-14(16)7-8-15(13)18(5-2)9-10-19-6-3/h7-8,11,17H,4-6,9-10,12H2,1-3H3. The first kappa shape index (κ1) is 16.3. The molecular weight excluding hydrogens is 260 g/mol. The minimum atomic E-state index is 0.758. The third-order valence-corrected chi connectivity index (χ3v) is 3.27. The van der Waals surface area contributed by atoms with Gasteiger partial charge in [0.2, 0.25) is 0 Å². The fraction of sp³-hybridized carbons (Fsp3) is 0.600. The fourth-order valence-electron chi connectivity index (χ4n) is 2.03. The van der Waals surface area contributed by atoms with Crippen LogP contribution in [0.5, 0.6) is 0 Å². The van der Waals surface area contributed by atoms with Gasteiger partial charge in [0.1, 0.15) is 0 Å². The van der Waals surface area contributed by atoms with Crippen molar-refractivity contribution in [3.8, 4) is 0 Å². The summed E-state index contributed by atoms with van der Waals surface area (Å²) in [5.74, 6) is 0. The summed E-state index contributed by atoms with van der Waals surface area (Å²) >= 11 is 6.10. The minimum Gasteiger partial charge on any atom is -0.380 e. The van der Waals surface area contributed by atoms with Gasteiger partial charge in [0.05, 0.1) is 6.61 Å². The Kier molecular flexibility index (Phi) is 7.87. The Balaban J connectivity index is 2.81. The highest BCUT2D eigenvalue weighted by molar-refractivity contribution is 6.30. The average Bonchev–Trinajstić information content (AvgIpc) is 2.42. The number of nitrogens with one attached hydrogen (secondary N) is 1. The van der Waals surface area contributed by atoms with Gasteiger partial charge in [-0.15, -0.1) is 0 Å². The Morgan fingerprint density at radius 2 is 2.05 bits per heavy atom. The second kappa shape index (κ2) is 9.18. The van der Waals surface area contributed by atoms with Gasteiger partial charge in [-0.05, 0) is 44.2 Å². The van der Waals surface area contributed by atoms with Gasteiger partial charge in [-0.3, -0.25) is 0 Å². The van der Waals surface area contributed by atoms with E-state index in [4.69, 9.17) is 16.3 Å². The lowest BCUT2D eigenvalue weighted by atomic mass is 10.1. The molecule has 0 aliphatic heterocycles. The first-order chi connectivity index (χ1) is 9.22. The number of ether oxygens (including phenoxy) is 1. The van der Waals surface area contributed by atoms with Crippen molar-refractivity contribution >= 4 is 17.3 Å². The summed E-state index contributed by atoms with van der Waals surface area (Å²) in [5, 5.41) is 4.15. The lowest BCUT2D eigenvalue weighted by Crippen LogP contribution is -2.29. The predicted molar refractivity (Wildman–Crippen MR) is 83.2 cm³/mol. The van der Waals surface area contributed by atoms with Crippen LogP contribution in [0.4, 0.5) is 5.69 Å². The van der Waals surface area contributed by atoms with Crippen LogP contribution < -0.4 is 10.2 Å². The lowest BCUT2D eigenvalue weighted by Gasteiger charge is -2.26. The van der Waals surface area contributed by atoms with E-state index in [9.17, 15) is 0 Å². The maximum Gasteiger partial charge on any atom is 0.0641 e. The zero-order valence-corrected chi connectivity index (χ0v) is 13.0. The third-order valence-electron chi connectivity index (χ3n) is 3.04. The van der Waals surface area contributed by atoms with Crippen LogP contribution in [0.25, 0.3) is 0 Å². The first-order valence-corrected chi connectivity index (χ1v) is 7.42. The topological polar surface area (TPSA) is 24.5 Å². The van der Waals surface area contributed by atoms with Gasteiger partial charge in [-0.1, -0.05) is 18.5 Å². The van der Waals surface area contributed by atoms with Gasteiger partial charge in [0, 0.05) is 37.0 Å². The van der Waals surface area contributed by atoms with E-state index in [0.717, 1.165) is 44.4 Å². The van der Waals surface area contributed by atoms with Crippen molar-refractivity contribution < 1.29 is 4.74 Å². The van der Waals surface area contributed by atoms with Crippen LogP contribution in [0.1, 0.15) is 26.3 Å². The second-order valence-corrected chi connectivity index (χ2v) is 4.77. The molecule has 4 heteroatoms. The molecule has 3 nitrogen and oxygen atoms in total. The summed E-state index contributed by atoms with van der Waals surface area (Å²) in [4.78, 5) is 2.33. The van der Waals surface area contributed by atoms with Gasteiger partial charge in [0.25, 0.3) is 0 Å². The highest BCUT2D eigenvalue weighted by Gasteiger charge is 2.10. The molecule has 0 saturated carbocycles. The molecule has 19 heavy (non-hydrogen) atoms. The molecule has 0 unspecified atom stereocenters. The molecule has 1 rings (SSSR count). The summed E-state index contributed by atoms with van der Waals surface area (Å²) in [6.45, 7) is 11.5. The van der Waals surface area contributed by atoms with E-state index in [1.165, 1.54) is 11.3 Å². The zero-order valence-electron chi connectivity index (χ0n) is 12.2. The Morgan fingerprint density at radius 1 is 1.26 bits per heavy atom. The molecule has 0 fully saturated rings. The van der Waals surface area contributed by atoms with Crippen LogP contribution in [-0.2, 0) is 11.3 Å². The number of hydrogen-bond acceptors (Lipinski definition) is 3. The highest BCUT2D eigenvalue weighted by Crippen LogP contribution is 2.24. The van der Waals surface area contributed by atoms with Crippen LogP contribution in [0.2, 0.25) is 5.02 Å². The molecule has 0 saturated heterocycles. The Labute approximate surface area is 121 Å². The number of halogens is 1. The van der Waals surface area contributed by atoms with E-state index in [1.807, 2.05) is 19.1 Å². The molecule has 0 radical (unpaired) electrons. The first-order valence-electron chi connectivity index (χ1n) is 7.04. The van der Waals surface area contributed by atoms with Crippen molar-refractivity contribution in [2.75, 3.05) is 37.7 Å². The molecular formula is C15H25ClN2O. The van der Waals surface area contributed by atoms with Crippen LogP contribution in [0.15, 0.2) is 18.2 Å². The van der Waals surface area contributed by atoms with Crippen LogP contribution >= 0.6 is 11.6 Å². The van der Waals surface area contributed by atoms with Gasteiger partial charge in [-0.2, -0.15) is 0 Å². The van der Waals surface area contributed by atoms with E-state index in [2.05, 4.69) is 30.1 Å². The Morgan fingerprint density at radius 3 is 2.68 bits per heavy atom. The van der Waals surface area contributed by atoms with Gasteiger partial charge in [0.15, 0.2) is 0 Å². The third kappa shape index (κ3) is 5.39. The number of nitrogens with zero attached hydrogens (tertiary/aromatic N) is 1. The number of likely N-dealkylation sites (N-methyl/N-ethyl adjacent to an activating group) is 1. The molecule has 0 spiro atoms. The largest absolute Gasteiger partial charge is 0.380 e. The van der Waals surface area contributed by atoms with Crippen LogP contribution in [0.3, 0.4) is 0 Å². The molecule has 0 bridgehead atoms.